The lowest BCUT2D eigenvalue weighted by Gasteiger charge is -2.32. The van der Waals surface area contributed by atoms with Crippen LogP contribution in [0.5, 0.6) is 0 Å². The molecule has 1 saturated heterocycles. The van der Waals surface area contributed by atoms with Crippen molar-refractivity contribution in [2.45, 2.75) is 31.6 Å². The molecule has 1 atom stereocenters. The molecule has 1 rings (SSSR count). The Labute approximate surface area is 112 Å². The summed E-state index contributed by atoms with van der Waals surface area (Å²) < 4.78 is 28.6. The molecule has 0 radical (unpaired) electrons. The largest absolute Gasteiger partial charge is 0.481 e. The predicted molar refractivity (Wildman–Crippen MR) is 67.5 cm³/mol. The molecule has 1 aliphatic heterocycles. The summed E-state index contributed by atoms with van der Waals surface area (Å²) in [7, 11) is -3.44. The summed E-state index contributed by atoms with van der Waals surface area (Å²) in [6, 6.07) is 0. The van der Waals surface area contributed by atoms with E-state index in [-0.39, 0.29) is 19.6 Å². The first-order valence-corrected chi connectivity index (χ1v) is 7.76. The fraction of sp³-hybridized carbons (Fsp3) is 0.818. The second-order valence-electron chi connectivity index (χ2n) is 4.79. The molecule has 0 bridgehead atoms. The standard InChI is InChI=1S/C11H19NO6S/c1-8(2)19(16,17)7-10(13)12-3-4-18-9(6-12)5-11(14)15/h8-9H,3-7H2,1-2H3,(H,14,15). The van der Waals surface area contributed by atoms with E-state index in [1.807, 2.05) is 0 Å². The quantitative estimate of drug-likeness (QED) is 0.734. The Morgan fingerprint density at radius 1 is 1.42 bits per heavy atom. The van der Waals surface area contributed by atoms with Gasteiger partial charge in [0.2, 0.25) is 5.91 Å². The van der Waals surface area contributed by atoms with Crippen LogP contribution in [0.2, 0.25) is 0 Å². The number of morpholine rings is 1. The van der Waals surface area contributed by atoms with Crippen molar-refractivity contribution in [2.24, 2.45) is 0 Å². The van der Waals surface area contributed by atoms with E-state index in [9.17, 15) is 18.0 Å². The number of sulfone groups is 1. The monoisotopic (exact) mass is 293 g/mol. The highest BCUT2D eigenvalue weighted by Gasteiger charge is 2.29. The van der Waals surface area contributed by atoms with Crippen molar-refractivity contribution in [1.82, 2.24) is 4.90 Å². The van der Waals surface area contributed by atoms with Crippen LogP contribution in [0.1, 0.15) is 20.3 Å². The highest BCUT2D eigenvalue weighted by Crippen LogP contribution is 2.11. The van der Waals surface area contributed by atoms with Crippen molar-refractivity contribution in [3.05, 3.63) is 0 Å². The van der Waals surface area contributed by atoms with Gasteiger partial charge in [0.25, 0.3) is 0 Å². The van der Waals surface area contributed by atoms with Gasteiger partial charge < -0.3 is 14.7 Å². The molecule has 1 amide bonds. The zero-order chi connectivity index (χ0) is 14.6. The van der Waals surface area contributed by atoms with Gasteiger partial charge in [-0.1, -0.05) is 0 Å². The highest BCUT2D eigenvalue weighted by molar-refractivity contribution is 7.92. The number of hydrogen-bond acceptors (Lipinski definition) is 5. The number of carboxylic acid groups (broad SMARTS) is 1. The molecule has 8 heteroatoms. The number of ether oxygens (including phenoxy) is 1. The van der Waals surface area contributed by atoms with Crippen LogP contribution in [-0.4, -0.2) is 67.1 Å². The van der Waals surface area contributed by atoms with Crippen molar-refractivity contribution in [1.29, 1.82) is 0 Å². The topological polar surface area (TPSA) is 101 Å². The number of nitrogens with zero attached hydrogens (tertiary/aromatic N) is 1. The number of hydrogen-bond donors (Lipinski definition) is 1. The molecular weight excluding hydrogens is 274 g/mol. The molecule has 1 heterocycles. The van der Waals surface area contributed by atoms with Crippen LogP contribution in [0.4, 0.5) is 0 Å². The lowest BCUT2D eigenvalue weighted by Crippen LogP contribution is -2.48. The molecule has 19 heavy (non-hydrogen) atoms. The van der Waals surface area contributed by atoms with Gasteiger partial charge in [-0.05, 0) is 13.8 Å². The maximum absolute atomic E-state index is 11.9. The van der Waals surface area contributed by atoms with Gasteiger partial charge in [-0.15, -0.1) is 0 Å². The average Bonchev–Trinajstić information content (AvgIpc) is 2.27. The Balaban J connectivity index is 2.60. The molecule has 110 valence electrons. The summed E-state index contributed by atoms with van der Waals surface area (Å²) in [5.41, 5.74) is 0. The van der Waals surface area contributed by atoms with Crippen molar-refractivity contribution >= 4 is 21.7 Å². The summed E-state index contributed by atoms with van der Waals surface area (Å²) in [6.07, 6.45) is -0.766. The Kier molecular flexibility index (Phi) is 5.30. The van der Waals surface area contributed by atoms with E-state index in [1.54, 1.807) is 0 Å². The smallest absolute Gasteiger partial charge is 0.306 e. The maximum atomic E-state index is 11.9. The normalized spacial score (nSPS) is 20.6. The lowest BCUT2D eigenvalue weighted by molar-refractivity contribution is -0.146. The van der Waals surface area contributed by atoms with Gasteiger partial charge in [0.05, 0.1) is 24.4 Å². The van der Waals surface area contributed by atoms with Crippen LogP contribution < -0.4 is 0 Å². The van der Waals surface area contributed by atoms with Crippen molar-refractivity contribution in [2.75, 3.05) is 25.4 Å². The van der Waals surface area contributed by atoms with E-state index in [0.717, 1.165) is 0 Å². The number of amides is 1. The van der Waals surface area contributed by atoms with E-state index in [0.29, 0.717) is 6.54 Å². The minimum atomic E-state index is -3.44. The molecule has 0 aliphatic carbocycles. The summed E-state index contributed by atoms with van der Waals surface area (Å²) in [6.45, 7) is 3.69. The van der Waals surface area contributed by atoms with Crippen LogP contribution in [0.3, 0.4) is 0 Å². The van der Waals surface area contributed by atoms with Gasteiger partial charge in [0, 0.05) is 13.1 Å². The van der Waals surface area contributed by atoms with E-state index >= 15 is 0 Å². The van der Waals surface area contributed by atoms with E-state index in [1.165, 1.54) is 18.7 Å². The number of carboxylic acids is 1. The zero-order valence-corrected chi connectivity index (χ0v) is 11.9. The van der Waals surface area contributed by atoms with Gasteiger partial charge >= 0.3 is 5.97 Å². The zero-order valence-electron chi connectivity index (χ0n) is 11.0. The van der Waals surface area contributed by atoms with Crippen LogP contribution in [0.25, 0.3) is 0 Å². The number of carbonyl (C=O) groups is 2. The number of aliphatic carboxylic acids is 1. The molecule has 1 unspecified atom stereocenters. The van der Waals surface area contributed by atoms with E-state index in [2.05, 4.69) is 0 Å². The van der Waals surface area contributed by atoms with Gasteiger partial charge in [-0.2, -0.15) is 0 Å². The van der Waals surface area contributed by atoms with E-state index < -0.39 is 38.8 Å². The van der Waals surface area contributed by atoms with Gasteiger partial charge in [-0.3, -0.25) is 9.59 Å². The molecule has 1 N–H and O–H groups in total. The predicted octanol–water partition coefficient (Wildman–Crippen LogP) is -0.488. The Bertz CT molecular complexity index is 444. The van der Waals surface area contributed by atoms with Gasteiger partial charge in [0.1, 0.15) is 5.75 Å². The Hall–Kier alpha value is -1.15. The third-order valence-corrected chi connectivity index (χ3v) is 5.02. The Morgan fingerprint density at radius 3 is 2.58 bits per heavy atom. The molecular formula is C11H19NO6S. The highest BCUT2D eigenvalue weighted by atomic mass is 32.2. The minimum Gasteiger partial charge on any atom is -0.481 e. The summed E-state index contributed by atoms with van der Waals surface area (Å²) >= 11 is 0. The summed E-state index contributed by atoms with van der Waals surface area (Å²) in [5.74, 6) is -2.04. The van der Waals surface area contributed by atoms with Crippen molar-refractivity contribution in [3.8, 4) is 0 Å². The molecule has 0 aromatic heterocycles. The number of rotatable bonds is 5. The van der Waals surface area contributed by atoms with Gasteiger partial charge in [-0.25, -0.2) is 8.42 Å². The molecule has 7 nitrogen and oxygen atoms in total. The molecule has 0 saturated carbocycles. The third kappa shape index (κ3) is 4.79. The first-order chi connectivity index (χ1) is 8.72. The summed E-state index contributed by atoms with van der Waals surface area (Å²) in [4.78, 5) is 23.8. The maximum Gasteiger partial charge on any atom is 0.306 e. The first-order valence-electron chi connectivity index (χ1n) is 6.05. The SMILES string of the molecule is CC(C)S(=O)(=O)CC(=O)N1CCOC(CC(=O)O)C1. The average molecular weight is 293 g/mol. The molecule has 0 spiro atoms. The van der Waals surface area contributed by atoms with Crippen molar-refractivity contribution in [3.63, 3.8) is 0 Å². The molecule has 0 aromatic rings. The summed E-state index contributed by atoms with van der Waals surface area (Å²) in [5, 5.41) is 8.07. The van der Waals surface area contributed by atoms with Crippen LogP contribution in [0, 0.1) is 0 Å². The third-order valence-electron chi connectivity index (χ3n) is 2.94. The minimum absolute atomic E-state index is 0.124. The molecule has 0 aromatic carbocycles. The Morgan fingerprint density at radius 2 is 2.05 bits per heavy atom. The van der Waals surface area contributed by atoms with Gasteiger partial charge in [0.15, 0.2) is 9.84 Å². The fourth-order valence-corrected chi connectivity index (χ4v) is 2.55. The van der Waals surface area contributed by atoms with Crippen molar-refractivity contribution < 1.29 is 27.9 Å². The van der Waals surface area contributed by atoms with Crippen LogP contribution in [0.15, 0.2) is 0 Å². The second kappa shape index (κ2) is 6.33. The van der Waals surface area contributed by atoms with Crippen LogP contribution in [-0.2, 0) is 24.2 Å². The number of carbonyl (C=O) groups excluding carboxylic acids is 1. The first kappa shape index (κ1) is 15.9. The second-order valence-corrected chi connectivity index (χ2v) is 7.34. The lowest BCUT2D eigenvalue weighted by atomic mass is 10.2. The molecule has 1 aliphatic rings. The van der Waals surface area contributed by atoms with Crippen LogP contribution >= 0.6 is 0 Å². The molecule has 1 fully saturated rings. The fourth-order valence-electron chi connectivity index (χ4n) is 1.69. The van der Waals surface area contributed by atoms with E-state index in [4.69, 9.17) is 9.84 Å².